The van der Waals surface area contributed by atoms with Crippen molar-refractivity contribution >= 4 is 11.6 Å². The van der Waals surface area contributed by atoms with Gasteiger partial charge in [-0.2, -0.15) is 0 Å². The molecule has 0 fully saturated rings. The van der Waals surface area contributed by atoms with E-state index in [1.807, 2.05) is 0 Å². The molecule has 0 aromatic heterocycles. The van der Waals surface area contributed by atoms with Crippen LogP contribution < -0.4 is 5.32 Å². The summed E-state index contributed by atoms with van der Waals surface area (Å²) in [6, 6.07) is 0. The summed E-state index contributed by atoms with van der Waals surface area (Å²) < 4.78 is 0. The molecule has 0 saturated carbocycles. The molecule has 0 aliphatic heterocycles. The highest BCUT2D eigenvalue weighted by molar-refractivity contribution is 6.18. The third-order valence-corrected chi connectivity index (χ3v) is 3.99. The largest absolute Gasteiger partial charge is 0.378 e. The van der Waals surface area contributed by atoms with Gasteiger partial charge in [0.1, 0.15) is 6.23 Å². The summed E-state index contributed by atoms with van der Waals surface area (Å²) in [5.74, 6) is 0.636. The van der Waals surface area contributed by atoms with Gasteiger partial charge in [-0.3, -0.25) is 5.32 Å². The molecule has 2 N–H and O–H groups in total. The molecule has 0 bridgehead atoms. The van der Waals surface area contributed by atoms with Crippen molar-refractivity contribution in [2.24, 2.45) is 11.3 Å². The molecule has 0 rings (SSSR count). The molecule has 0 amide bonds. The first kappa shape index (κ1) is 15.2. The van der Waals surface area contributed by atoms with Gasteiger partial charge in [0.05, 0.1) is 0 Å². The van der Waals surface area contributed by atoms with Crippen LogP contribution in [-0.4, -0.2) is 23.8 Å². The average Bonchev–Trinajstić information content (AvgIpc) is 2.26. The summed E-state index contributed by atoms with van der Waals surface area (Å²) in [6.07, 6.45) is 2.64. The second-order valence-electron chi connectivity index (χ2n) is 4.52. The van der Waals surface area contributed by atoms with Crippen LogP contribution in [0.3, 0.4) is 0 Å². The van der Waals surface area contributed by atoms with Crippen LogP contribution in [0.5, 0.6) is 0 Å². The highest BCUT2D eigenvalue weighted by atomic mass is 35.5. The molecule has 0 aliphatic rings. The Bertz CT molecular complexity index is 160. The topological polar surface area (TPSA) is 32.3 Å². The summed E-state index contributed by atoms with van der Waals surface area (Å²) in [6.45, 7) is 9.47. The Hall–Kier alpha value is 0.210. The van der Waals surface area contributed by atoms with Gasteiger partial charge >= 0.3 is 0 Å². The van der Waals surface area contributed by atoms with E-state index in [0.29, 0.717) is 5.88 Å². The SMILES string of the molecule is CCCNC(O)C(CCl)C(C)(CC)CC. The van der Waals surface area contributed by atoms with Crippen LogP contribution in [-0.2, 0) is 0 Å². The Morgan fingerprint density at radius 1 is 1.27 bits per heavy atom. The van der Waals surface area contributed by atoms with Gasteiger partial charge < -0.3 is 5.11 Å². The number of hydrogen-bond acceptors (Lipinski definition) is 2. The van der Waals surface area contributed by atoms with Crippen LogP contribution in [0.25, 0.3) is 0 Å². The van der Waals surface area contributed by atoms with Gasteiger partial charge in [-0.1, -0.05) is 40.5 Å². The van der Waals surface area contributed by atoms with Crippen molar-refractivity contribution in [3.05, 3.63) is 0 Å². The second kappa shape index (κ2) is 7.48. The molecule has 0 heterocycles. The summed E-state index contributed by atoms with van der Waals surface area (Å²) in [4.78, 5) is 0. The molecular formula is C12H26ClNO. The number of alkyl halides is 1. The van der Waals surface area contributed by atoms with E-state index in [4.69, 9.17) is 11.6 Å². The van der Waals surface area contributed by atoms with E-state index in [-0.39, 0.29) is 11.3 Å². The van der Waals surface area contributed by atoms with Crippen LogP contribution in [0, 0.1) is 11.3 Å². The van der Waals surface area contributed by atoms with Crippen molar-refractivity contribution < 1.29 is 5.11 Å². The summed E-state index contributed by atoms with van der Waals surface area (Å²) in [5.41, 5.74) is 0.127. The maximum Gasteiger partial charge on any atom is 0.109 e. The molecule has 0 spiro atoms. The predicted molar refractivity (Wildman–Crippen MR) is 67.2 cm³/mol. The predicted octanol–water partition coefficient (Wildman–Crippen LogP) is 2.99. The van der Waals surface area contributed by atoms with E-state index >= 15 is 0 Å². The maximum atomic E-state index is 10.0. The lowest BCUT2D eigenvalue weighted by Crippen LogP contribution is -2.45. The first-order valence-electron chi connectivity index (χ1n) is 6.03. The molecule has 2 unspecified atom stereocenters. The zero-order valence-electron chi connectivity index (χ0n) is 10.5. The standard InChI is InChI=1S/C12H26ClNO/c1-5-8-14-11(15)10(9-13)12(4,6-2)7-3/h10-11,14-15H,5-9H2,1-4H3. The fourth-order valence-corrected chi connectivity index (χ4v) is 2.40. The van der Waals surface area contributed by atoms with Gasteiger partial charge in [0.2, 0.25) is 0 Å². The monoisotopic (exact) mass is 235 g/mol. The minimum absolute atomic E-state index is 0.126. The zero-order valence-corrected chi connectivity index (χ0v) is 11.3. The third-order valence-electron chi connectivity index (χ3n) is 3.66. The molecular weight excluding hydrogens is 210 g/mol. The minimum atomic E-state index is -0.479. The molecule has 0 aromatic rings. The molecule has 0 aliphatic carbocycles. The quantitative estimate of drug-likeness (QED) is 0.501. The van der Waals surface area contributed by atoms with Crippen LogP contribution in [0.2, 0.25) is 0 Å². The Labute approximate surface area is 99.4 Å². The third kappa shape index (κ3) is 4.29. The number of nitrogens with one attached hydrogen (secondary N) is 1. The van der Waals surface area contributed by atoms with Crippen molar-refractivity contribution in [3.63, 3.8) is 0 Å². The van der Waals surface area contributed by atoms with Crippen molar-refractivity contribution in [3.8, 4) is 0 Å². The van der Waals surface area contributed by atoms with E-state index < -0.39 is 6.23 Å². The highest BCUT2D eigenvalue weighted by Crippen LogP contribution is 2.37. The van der Waals surface area contributed by atoms with Crippen LogP contribution >= 0.6 is 11.6 Å². The van der Waals surface area contributed by atoms with Crippen LogP contribution in [0.15, 0.2) is 0 Å². The van der Waals surface area contributed by atoms with Crippen molar-refractivity contribution in [2.45, 2.75) is 53.2 Å². The van der Waals surface area contributed by atoms with E-state index in [0.717, 1.165) is 25.8 Å². The minimum Gasteiger partial charge on any atom is -0.378 e. The second-order valence-corrected chi connectivity index (χ2v) is 4.83. The van der Waals surface area contributed by atoms with E-state index in [1.165, 1.54) is 0 Å². The Morgan fingerprint density at radius 3 is 2.13 bits per heavy atom. The fraction of sp³-hybridized carbons (Fsp3) is 1.00. The molecule has 0 radical (unpaired) electrons. The van der Waals surface area contributed by atoms with Crippen molar-refractivity contribution in [1.82, 2.24) is 5.32 Å². The first-order chi connectivity index (χ1) is 7.05. The highest BCUT2D eigenvalue weighted by Gasteiger charge is 2.35. The number of halogens is 1. The van der Waals surface area contributed by atoms with Gasteiger partial charge in [-0.25, -0.2) is 0 Å². The van der Waals surface area contributed by atoms with Crippen molar-refractivity contribution in [1.29, 1.82) is 0 Å². The van der Waals surface area contributed by atoms with Crippen molar-refractivity contribution in [2.75, 3.05) is 12.4 Å². The Morgan fingerprint density at radius 2 is 1.80 bits per heavy atom. The Kier molecular flexibility index (Phi) is 7.58. The average molecular weight is 236 g/mol. The molecule has 92 valence electrons. The van der Waals surface area contributed by atoms with E-state index in [1.54, 1.807) is 0 Å². The van der Waals surface area contributed by atoms with Crippen LogP contribution in [0.1, 0.15) is 47.0 Å². The van der Waals surface area contributed by atoms with Gasteiger partial charge in [0.25, 0.3) is 0 Å². The fourth-order valence-electron chi connectivity index (χ4n) is 1.86. The number of aliphatic hydroxyl groups excluding tert-OH is 1. The number of aliphatic hydroxyl groups is 1. The number of rotatable bonds is 8. The molecule has 2 atom stereocenters. The number of hydrogen-bond donors (Lipinski definition) is 2. The summed E-state index contributed by atoms with van der Waals surface area (Å²) in [7, 11) is 0. The lowest BCUT2D eigenvalue weighted by Gasteiger charge is -2.38. The summed E-state index contributed by atoms with van der Waals surface area (Å²) >= 11 is 5.98. The summed E-state index contributed by atoms with van der Waals surface area (Å²) in [5, 5.41) is 13.2. The normalized spacial score (nSPS) is 16.4. The van der Waals surface area contributed by atoms with Gasteiger partial charge in [-0.15, -0.1) is 11.6 Å². The lowest BCUT2D eigenvalue weighted by atomic mass is 9.73. The molecule has 15 heavy (non-hydrogen) atoms. The van der Waals surface area contributed by atoms with E-state index in [2.05, 4.69) is 33.0 Å². The van der Waals surface area contributed by atoms with Gasteiger partial charge in [0.15, 0.2) is 0 Å². The van der Waals surface area contributed by atoms with Gasteiger partial charge in [0, 0.05) is 11.8 Å². The molecule has 0 aromatic carbocycles. The van der Waals surface area contributed by atoms with E-state index in [9.17, 15) is 5.11 Å². The molecule has 0 saturated heterocycles. The van der Waals surface area contributed by atoms with Gasteiger partial charge in [-0.05, 0) is 18.4 Å². The maximum absolute atomic E-state index is 10.0. The first-order valence-corrected chi connectivity index (χ1v) is 6.56. The molecule has 3 heteroatoms. The smallest absolute Gasteiger partial charge is 0.109 e. The molecule has 2 nitrogen and oxygen atoms in total. The zero-order chi connectivity index (χ0) is 11.9. The van der Waals surface area contributed by atoms with Crippen LogP contribution in [0.4, 0.5) is 0 Å². The lowest BCUT2D eigenvalue weighted by molar-refractivity contribution is 0.0111. The Balaban J connectivity index is 4.43.